The molecule has 0 N–H and O–H groups in total. The van der Waals surface area contributed by atoms with Crippen LogP contribution in [0.15, 0.2) is 60.7 Å². The van der Waals surface area contributed by atoms with Crippen molar-refractivity contribution < 1.29 is 4.39 Å². The van der Waals surface area contributed by atoms with E-state index in [0.717, 1.165) is 44.1 Å². The van der Waals surface area contributed by atoms with Crippen LogP contribution in [0, 0.1) is 12.7 Å². The Kier molecular flexibility index (Phi) is 5.10. The lowest BCUT2D eigenvalue weighted by Gasteiger charge is -2.32. The minimum absolute atomic E-state index is 0.206. The highest BCUT2D eigenvalue weighted by molar-refractivity contribution is 5.65. The first-order valence-electron chi connectivity index (χ1n) is 9.55. The van der Waals surface area contributed by atoms with Gasteiger partial charge >= 0.3 is 0 Å². The van der Waals surface area contributed by atoms with Crippen molar-refractivity contribution >= 4 is 0 Å². The van der Waals surface area contributed by atoms with Gasteiger partial charge in [-0.3, -0.25) is 4.90 Å². The molecule has 2 heterocycles. The number of benzene rings is 2. The molecule has 1 aliphatic rings. The van der Waals surface area contributed by atoms with Gasteiger partial charge in [0.2, 0.25) is 0 Å². The molecule has 3 aromatic rings. The van der Waals surface area contributed by atoms with E-state index in [1.54, 1.807) is 0 Å². The van der Waals surface area contributed by atoms with E-state index in [1.807, 2.05) is 18.2 Å². The quantitative estimate of drug-likeness (QED) is 0.683. The summed E-state index contributed by atoms with van der Waals surface area (Å²) in [6.07, 6.45) is 0. The summed E-state index contributed by atoms with van der Waals surface area (Å²) in [5.74, 6) is -0.206. The summed E-state index contributed by atoms with van der Waals surface area (Å²) < 4.78 is 15.7. The molecule has 140 valence electrons. The number of likely N-dealkylation sites (N-methyl/N-ethyl adjacent to an activating group) is 1. The Morgan fingerprint density at radius 1 is 0.889 bits per heavy atom. The van der Waals surface area contributed by atoms with Crippen molar-refractivity contribution in [3.05, 3.63) is 77.7 Å². The summed E-state index contributed by atoms with van der Waals surface area (Å²) in [6.45, 7) is 7.54. The minimum atomic E-state index is -0.206. The van der Waals surface area contributed by atoms with Gasteiger partial charge in [-0.15, -0.1) is 0 Å². The number of rotatable bonds is 4. The molecule has 4 rings (SSSR count). The Hall–Kier alpha value is -2.43. The second kappa shape index (κ2) is 7.67. The molecular weight excluding hydrogens is 337 g/mol. The van der Waals surface area contributed by atoms with Crippen LogP contribution < -0.4 is 0 Å². The normalized spacial score (nSPS) is 16.0. The molecule has 3 nitrogen and oxygen atoms in total. The second-order valence-corrected chi connectivity index (χ2v) is 7.40. The van der Waals surface area contributed by atoms with E-state index in [0.29, 0.717) is 0 Å². The van der Waals surface area contributed by atoms with Crippen molar-refractivity contribution in [2.45, 2.75) is 13.5 Å². The van der Waals surface area contributed by atoms with Crippen molar-refractivity contribution in [3.63, 3.8) is 0 Å². The number of aromatic nitrogens is 1. The fraction of sp³-hybridized carbons (Fsp3) is 0.304. The van der Waals surface area contributed by atoms with Gasteiger partial charge in [0, 0.05) is 44.1 Å². The monoisotopic (exact) mass is 363 g/mol. The number of hydrogen-bond donors (Lipinski definition) is 0. The molecule has 2 aromatic carbocycles. The van der Waals surface area contributed by atoms with E-state index in [-0.39, 0.29) is 5.82 Å². The second-order valence-electron chi connectivity index (χ2n) is 7.40. The maximum atomic E-state index is 13.5. The standard InChI is InChI=1S/C23H26FN3/c1-18-20(17-26-14-12-25(2)13-15-26)16-23(19-6-4-3-5-7-19)27(18)22-10-8-21(24)9-11-22/h3-11,16H,12-15,17H2,1-2H3. The van der Waals surface area contributed by atoms with E-state index in [2.05, 4.69) is 58.7 Å². The van der Waals surface area contributed by atoms with Gasteiger partial charge in [-0.2, -0.15) is 0 Å². The third-order valence-corrected chi connectivity index (χ3v) is 5.50. The first kappa shape index (κ1) is 18.0. The molecule has 0 bridgehead atoms. The predicted molar refractivity (Wildman–Crippen MR) is 109 cm³/mol. The van der Waals surface area contributed by atoms with Gasteiger partial charge in [-0.25, -0.2) is 4.39 Å². The highest BCUT2D eigenvalue weighted by Crippen LogP contribution is 2.30. The Bertz CT molecular complexity index is 891. The van der Waals surface area contributed by atoms with Crippen LogP contribution in [0.3, 0.4) is 0 Å². The molecule has 0 unspecified atom stereocenters. The van der Waals surface area contributed by atoms with E-state index in [4.69, 9.17) is 0 Å². The minimum Gasteiger partial charge on any atom is -0.314 e. The topological polar surface area (TPSA) is 11.4 Å². The zero-order chi connectivity index (χ0) is 18.8. The molecule has 1 saturated heterocycles. The largest absolute Gasteiger partial charge is 0.314 e. The highest BCUT2D eigenvalue weighted by Gasteiger charge is 2.19. The van der Waals surface area contributed by atoms with Crippen LogP contribution in [-0.4, -0.2) is 47.6 Å². The first-order chi connectivity index (χ1) is 13.1. The summed E-state index contributed by atoms with van der Waals surface area (Å²) in [5.41, 5.74) is 5.89. The van der Waals surface area contributed by atoms with Crippen molar-refractivity contribution in [2.24, 2.45) is 0 Å². The summed E-state index contributed by atoms with van der Waals surface area (Å²) in [5, 5.41) is 0. The van der Waals surface area contributed by atoms with Crippen LogP contribution in [-0.2, 0) is 6.54 Å². The zero-order valence-corrected chi connectivity index (χ0v) is 16.0. The van der Waals surface area contributed by atoms with Crippen molar-refractivity contribution in [2.75, 3.05) is 33.2 Å². The van der Waals surface area contributed by atoms with Crippen LogP contribution >= 0.6 is 0 Å². The van der Waals surface area contributed by atoms with Gasteiger partial charge in [0.25, 0.3) is 0 Å². The zero-order valence-electron chi connectivity index (χ0n) is 16.0. The summed E-state index contributed by atoms with van der Waals surface area (Å²) in [6, 6.07) is 19.5. The van der Waals surface area contributed by atoms with E-state index in [1.165, 1.54) is 29.0 Å². The first-order valence-corrected chi connectivity index (χ1v) is 9.55. The smallest absolute Gasteiger partial charge is 0.123 e. The highest BCUT2D eigenvalue weighted by atomic mass is 19.1. The maximum absolute atomic E-state index is 13.5. The molecule has 0 aliphatic carbocycles. The fourth-order valence-corrected chi connectivity index (χ4v) is 3.81. The van der Waals surface area contributed by atoms with Gasteiger partial charge in [0.15, 0.2) is 0 Å². The van der Waals surface area contributed by atoms with Gasteiger partial charge in [-0.05, 0) is 55.4 Å². The lowest BCUT2D eigenvalue weighted by Crippen LogP contribution is -2.43. The summed E-state index contributed by atoms with van der Waals surface area (Å²) >= 11 is 0. The van der Waals surface area contributed by atoms with Gasteiger partial charge in [-0.1, -0.05) is 30.3 Å². The lowest BCUT2D eigenvalue weighted by molar-refractivity contribution is 0.148. The number of piperazine rings is 1. The molecule has 0 radical (unpaired) electrons. The summed E-state index contributed by atoms with van der Waals surface area (Å²) in [4.78, 5) is 4.90. The van der Waals surface area contributed by atoms with Gasteiger partial charge in [0.05, 0.1) is 5.69 Å². The predicted octanol–water partition coefficient (Wildman–Crippen LogP) is 4.34. The number of halogens is 1. The third-order valence-electron chi connectivity index (χ3n) is 5.50. The maximum Gasteiger partial charge on any atom is 0.123 e. The molecule has 1 aliphatic heterocycles. The van der Waals surface area contributed by atoms with Crippen LogP contribution in [0.25, 0.3) is 16.9 Å². The summed E-state index contributed by atoms with van der Waals surface area (Å²) in [7, 11) is 2.18. The van der Waals surface area contributed by atoms with Crippen molar-refractivity contribution in [1.29, 1.82) is 0 Å². The van der Waals surface area contributed by atoms with Crippen LogP contribution in [0.4, 0.5) is 4.39 Å². The molecule has 27 heavy (non-hydrogen) atoms. The van der Waals surface area contributed by atoms with E-state index < -0.39 is 0 Å². The van der Waals surface area contributed by atoms with E-state index >= 15 is 0 Å². The Morgan fingerprint density at radius 2 is 1.56 bits per heavy atom. The third kappa shape index (κ3) is 3.82. The SMILES string of the molecule is Cc1c(CN2CCN(C)CC2)cc(-c2ccccc2)n1-c1ccc(F)cc1. The molecule has 4 heteroatoms. The Labute approximate surface area is 160 Å². The Balaban J connectivity index is 1.74. The number of nitrogens with zero attached hydrogens (tertiary/aromatic N) is 3. The molecular formula is C23H26FN3. The fourth-order valence-electron chi connectivity index (χ4n) is 3.81. The molecule has 0 saturated carbocycles. The van der Waals surface area contributed by atoms with Crippen LogP contribution in [0.2, 0.25) is 0 Å². The van der Waals surface area contributed by atoms with Gasteiger partial charge in [0.1, 0.15) is 5.82 Å². The molecule has 1 aromatic heterocycles. The molecule has 0 atom stereocenters. The number of hydrogen-bond acceptors (Lipinski definition) is 2. The van der Waals surface area contributed by atoms with E-state index in [9.17, 15) is 4.39 Å². The Morgan fingerprint density at radius 3 is 2.22 bits per heavy atom. The molecule has 0 spiro atoms. The van der Waals surface area contributed by atoms with Crippen molar-refractivity contribution in [1.82, 2.24) is 14.4 Å². The average molecular weight is 363 g/mol. The van der Waals surface area contributed by atoms with Crippen molar-refractivity contribution in [3.8, 4) is 16.9 Å². The van der Waals surface area contributed by atoms with Crippen LogP contribution in [0.5, 0.6) is 0 Å². The van der Waals surface area contributed by atoms with Crippen LogP contribution in [0.1, 0.15) is 11.3 Å². The molecule has 1 fully saturated rings. The molecule has 0 amide bonds. The average Bonchev–Trinajstić information content (AvgIpc) is 3.01. The lowest BCUT2D eigenvalue weighted by atomic mass is 10.1. The van der Waals surface area contributed by atoms with Gasteiger partial charge < -0.3 is 9.47 Å².